The van der Waals surface area contributed by atoms with Crippen molar-refractivity contribution in [1.29, 1.82) is 0 Å². The van der Waals surface area contributed by atoms with Crippen LogP contribution in [0.1, 0.15) is 22.3 Å². The highest BCUT2D eigenvalue weighted by atomic mass is 16.5. The van der Waals surface area contributed by atoms with Crippen LogP contribution < -0.4 is 4.74 Å². The van der Waals surface area contributed by atoms with Crippen LogP contribution in [0.3, 0.4) is 0 Å². The van der Waals surface area contributed by atoms with Crippen molar-refractivity contribution in [2.45, 2.75) is 13.3 Å². The summed E-state index contributed by atoms with van der Waals surface area (Å²) in [7, 11) is 1.61. The summed E-state index contributed by atoms with van der Waals surface area (Å²) < 4.78 is 5.36. The van der Waals surface area contributed by atoms with Crippen LogP contribution in [0.25, 0.3) is 0 Å². The smallest absolute Gasteiger partial charge is 0.257 e. The summed E-state index contributed by atoms with van der Waals surface area (Å²) in [4.78, 5) is 17.0. The molecule has 21 heavy (non-hydrogen) atoms. The molecule has 0 bridgehead atoms. The van der Waals surface area contributed by atoms with Gasteiger partial charge in [0, 0.05) is 32.7 Å². The molecule has 0 N–H and O–H groups in total. The Labute approximate surface area is 127 Å². The van der Waals surface area contributed by atoms with Gasteiger partial charge in [-0.15, -0.1) is 6.58 Å². The van der Waals surface area contributed by atoms with E-state index in [0.717, 1.165) is 44.7 Å². The number of aryl methyl sites for hydroxylation is 1. The molecule has 0 saturated carbocycles. The van der Waals surface area contributed by atoms with Gasteiger partial charge in [-0.05, 0) is 31.0 Å². The van der Waals surface area contributed by atoms with Crippen LogP contribution >= 0.6 is 0 Å². The molecule has 4 heteroatoms. The van der Waals surface area contributed by atoms with E-state index in [1.165, 1.54) is 0 Å². The SMILES string of the molecule is C=CCN1CCCN(C(=O)c2ccc(C)cc2OC)CC1. The fraction of sp³-hybridized carbons (Fsp3) is 0.471. The van der Waals surface area contributed by atoms with E-state index in [2.05, 4.69) is 11.5 Å². The molecule has 1 aliphatic rings. The summed E-state index contributed by atoms with van der Waals surface area (Å²) in [5.74, 6) is 0.722. The van der Waals surface area contributed by atoms with E-state index in [1.807, 2.05) is 36.1 Å². The van der Waals surface area contributed by atoms with Crippen molar-refractivity contribution in [2.24, 2.45) is 0 Å². The summed E-state index contributed by atoms with van der Waals surface area (Å²) in [5, 5.41) is 0. The molecule has 0 spiro atoms. The Hall–Kier alpha value is -1.81. The van der Waals surface area contributed by atoms with Crippen molar-refractivity contribution in [3.05, 3.63) is 42.0 Å². The van der Waals surface area contributed by atoms with Crippen molar-refractivity contribution in [2.75, 3.05) is 39.8 Å². The first-order valence-electron chi connectivity index (χ1n) is 7.43. The molecular formula is C17H24N2O2. The number of amides is 1. The molecular weight excluding hydrogens is 264 g/mol. The highest BCUT2D eigenvalue weighted by Gasteiger charge is 2.22. The van der Waals surface area contributed by atoms with Crippen LogP contribution in [0.5, 0.6) is 5.75 Å². The lowest BCUT2D eigenvalue weighted by Crippen LogP contribution is -2.35. The molecule has 4 nitrogen and oxygen atoms in total. The average molecular weight is 288 g/mol. The van der Waals surface area contributed by atoms with Gasteiger partial charge in [0.15, 0.2) is 0 Å². The van der Waals surface area contributed by atoms with Gasteiger partial charge in [-0.2, -0.15) is 0 Å². The molecule has 0 unspecified atom stereocenters. The van der Waals surface area contributed by atoms with Crippen molar-refractivity contribution in [3.63, 3.8) is 0 Å². The van der Waals surface area contributed by atoms with Crippen molar-refractivity contribution < 1.29 is 9.53 Å². The molecule has 1 heterocycles. The molecule has 1 aromatic carbocycles. The number of hydrogen-bond acceptors (Lipinski definition) is 3. The molecule has 1 amide bonds. The van der Waals surface area contributed by atoms with Gasteiger partial charge in [0.1, 0.15) is 5.75 Å². The number of methoxy groups -OCH3 is 1. The minimum atomic E-state index is 0.0623. The predicted molar refractivity (Wildman–Crippen MR) is 84.9 cm³/mol. The standard InChI is InChI=1S/C17H24N2O2/c1-4-8-18-9-5-10-19(12-11-18)17(20)15-7-6-14(2)13-16(15)21-3/h4,6-7,13H,1,5,8-12H2,2-3H3. The van der Waals surface area contributed by atoms with E-state index < -0.39 is 0 Å². The maximum Gasteiger partial charge on any atom is 0.257 e. The molecule has 0 radical (unpaired) electrons. The number of nitrogens with zero attached hydrogens (tertiary/aromatic N) is 2. The fourth-order valence-electron chi connectivity index (χ4n) is 2.68. The molecule has 1 aliphatic heterocycles. The number of hydrogen-bond donors (Lipinski definition) is 0. The Kier molecular flexibility index (Phi) is 5.39. The highest BCUT2D eigenvalue weighted by Crippen LogP contribution is 2.22. The Morgan fingerprint density at radius 1 is 1.33 bits per heavy atom. The fourth-order valence-corrected chi connectivity index (χ4v) is 2.68. The van der Waals surface area contributed by atoms with Crippen LogP contribution in [-0.2, 0) is 0 Å². The van der Waals surface area contributed by atoms with Gasteiger partial charge in [-0.25, -0.2) is 0 Å². The van der Waals surface area contributed by atoms with Gasteiger partial charge in [-0.1, -0.05) is 12.1 Å². The number of carbonyl (C=O) groups is 1. The Morgan fingerprint density at radius 3 is 2.86 bits per heavy atom. The summed E-state index contributed by atoms with van der Waals surface area (Å²) in [6, 6.07) is 5.73. The Balaban J connectivity index is 2.11. The second-order valence-electron chi connectivity index (χ2n) is 5.44. The minimum Gasteiger partial charge on any atom is -0.496 e. The third kappa shape index (κ3) is 3.85. The lowest BCUT2D eigenvalue weighted by Gasteiger charge is -2.22. The minimum absolute atomic E-state index is 0.0623. The second-order valence-corrected chi connectivity index (χ2v) is 5.44. The van der Waals surface area contributed by atoms with Crippen LogP contribution in [-0.4, -0.2) is 55.5 Å². The predicted octanol–water partition coefficient (Wildman–Crippen LogP) is 2.34. The third-order valence-corrected chi connectivity index (χ3v) is 3.85. The number of benzene rings is 1. The molecule has 0 aliphatic carbocycles. The number of carbonyl (C=O) groups excluding carboxylic acids is 1. The van der Waals surface area contributed by atoms with Gasteiger partial charge < -0.3 is 9.64 Å². The quantitative estimate of drug-likeness (QED) is 0.797. The van der Waals surface area contributed by atoms with E-state index in [1.54, 1.807) is 7.11 Å². The highest BCUT2D eigenvalue weighted by molar-refractivity contribution is 5.97. The Morgan fingerprint density at radius 2 is 2.14 bits per heavy atom. The maximum atomic E-state index is 12.7. The van der Waals surface area contributed by atoms with Crippen LogP contribution in [0.2, 0.25) is 0 Å². The zero-order valence-corrected chi connectivity index (χ0v) is 13.0. The first kappa shape index (κ1) is 15.6. The zero-order valence-electron chi connectivity index (χ0n) is 13.0. The van der Waals surface area contributed by atoms with Gasteiger partial charge in [0.25, 0.3) is 5.91 Å². The van der Waals surface area contributed by atoms with E-state index in [-0.39, 0.29) is 5.91 Å². The van der Waals surface area contributed by atoms with Gasteiger partial charge in [0.2, 0.25) is 0 Å². The lowest BCUT2D eigenvalue weighted by molar-refractivity contribution is 0.0758. The monoisotopic (exact) mass is 288 g/mol. The summed E-state index contributed by atoms with van der Waals surface area (Å²) in [6.07, 6.45) is 2.91. The van der Waals surface area contributed by atoms with E-state index in [0.29, 0.717) is 11.3 Å². The van der Waals surface area contributed by atoms with Crippen molar-refractivity contribution in [3.8, 4) is 5.75 Å². The molecule has 2 rings (SSSR count). The average Bonchev–Trinajstić information content (AvgIpc) is 2.72. The van der Waals surface area contributed by atoms with Crippen LogP contribution in [0, 0.1) is 6.92 Å². The number of ether oxygens (including phenoxy) is 1. The first-order chi connectivity index (χ1) is 10.2. The molecule has 114 valence electrons. The van der Waals surface area contributed by atoms with Crippen LogP contribution in [0.4, 0.5) is 0 Å². The van der Waals surface area contributed by atoms with E-state index in [4.69, 9.17) is 4.74 Å². The third-order valence-electron chi connectivity index (χ3n) is 3.85. The molecule has 1 aromatic rings. The first-order valence-corrected chi connectivity index (χ1v) is 7.43. The Bertz CT molecular complexity index is 514. The molecule has 1 saturated heterocycles. The summed E-state index contributed by atoms with van der Waals surface area (Å²) in [6.45, 7) is 10.1. The molecule has 0 atom stereocenters. The summed E-state index contributed by atoms with van der Waals surface area (Å²) >= 11 is 0. The van der Waals surface area contributed by atoms with Crippen molar-refractivity contribution in [1.82, 2.24) is 9.80 Å². The second kappa shape index (κ2) is 7.27. The van der Waals surface area contributed by atoms with Crippen LogP contribution in [0.15, 0.2) is 30.9 Å². The lowest BCUT2D eigenvalue weighted by atomic mass is 10.1. The molecule has 1 fully saturated rings. The van der Waals surface area contributed by atoms with Gasteiger partial charge in [0.05, 0.1) is 12.7 Å². The maximum absolute atomic E-state index is 12.7. The topological polar surface area (TPSA) is 32.8 Å². The normalized spacial score (nSPS) is 16.4. The van der Waals surface area contributed by atoms with Crippen molar-refractivity contribution >= 4 is 5.91 Å². The largest absolute Gasteiger partial charge is 0.496 e. The van der Waals surface area contributed by atoms with E-state index in [9.17, 15) is 4.79 Å². The summed E-state index contributed by atoms with van der Waals surface area (Å²) in [5.41, 5.74) is 1.75. The number of rotatable bonds is 4. The van der Waals surface area contributed by atoms with E-state index >= 15 is 0 Å². The van der Waals surface area contributed by atoms with Gasteiger partial charge >= 0.3 is 0 Å². The molecule has 0 aromatic heterocycles. The zero-order chi connectivity index (χ0) is 15.2. The van der Waals surface area contributed by atoms with Gasteiger partial charge in [-0.3, -0.25) is 9.69 Å².